The number of carbonyl (C=O) groups excluding carboxylic acids is 1. The van der Waals surface area contributed by atoms with Crippen LogP contribution in [0.3, 0.4) is 0 Å². The van der Waals surface area contributed by atoms with E-state index < -0.39 is 0 Å². The number of nitrogens with two attached hydrogens (primary N) is 1. The molecule has 3 N–H and O–H groups in total. The highest BCUT2D eigenvalue weighted by Gasteiger charge is 2.27. The first-order valence-corrected chi connectivity index (χ1v) is 6.76. The molecule has 2 atom stereocenters. The molecule has 0 aromatic heterocycles. The van der Waals surface area contributed by atoms with Crippen molar-refractivity contribution >= 4 is 17.5 Å². The number of nitrogens with one attached hydrogen (secondary N) is 1. The maximum atomic E-state index is 12.1. The Hall–Kier alpha value is -1.06. The Labute approximate surface area is 113 Å². The highest BCUT2D eigenvalue weighted by atomic mass is 35.5. The summed E-state index contributed by atoms with van der Waals surface area (Å²) in [5, 5.41) is 3.69. The maximum Gasteiger partial charge on any atom is 0.251 e. The van der Waals surface area contributed by atoms with Crippen LogP contribution in [0.4, 0.5) is 0 Å². The van der Waals surface area contributed by atoms with E-state index in [0.29, 0.717) is 23.0 Å². The van der Waals surface area contributed by atoms with Crippen LogP contribution in [-0.2, 0) is 0 Å². The lowest BCUT2D eigenvalue weighted by Crippen LogP contribution is -2.39. The van der Waals surface area contributed by atoms with Crippen LogP contribution in [-0.4, -0.2) is 18.5 Å². The largest absolute Gasteiger partial charge is 0.349 e. The number of hydrogen-bond donors (Lipinski definition) is 2. The molecule has 0 heterocycles. The molecule has 3 nitrogen and oxygen atoms in total. The average Bonchev–Trinajstić information content (AvgIpc) is 2.79. The van der Waals surface area contributed by atoms with Gasteiger partial charge in [-0.2, -0.15) is 0 Å². The minimum absolute atomic E-state index is 0.0535. The summed E-state index contributed by atoms with van der Waals surface area (Å²) < 4.78 is 0. The van der Waals surface area contributed by atoms with Crippen molar-refractivity contribution in [1.82, 2.24) is 5.32 Å². The van der Waals surface area contributed by atoms with Gasteiger partial charge in [0, 0.05) is 16.6 Å². The quantitative estimate of drug-likeness (QED) is 0.883. The molecule has 1 saturated carbocycles. The van der Waals surface area contributed by atoms with Gasteiger partial charge in [0.25, 0.3) is 5.91 Å². The van der Waals surface area contributed by atoms with Crippen molar-refractivity contribution in [3.05, 3.63) is 34.3 Å². The molecule has 1 aromatic rings. The second-order valence-electron chi connectivity index (χ2n) is 4.97. The third-order valence-corrected chi connectivity index (χ3v) is 4.12. The zero-order chi connectivity index (χ0) is 13.1. The summed E-state index contributed by atoms with van der Waals surface area (Å²) in [7, 11) is 0. The molecule has 0 radical (unpaired) electrons. The van der Waals surface area contributed by atoms with E-state index in [2.05, 4.69) is 5.32 Å². The lowest BCUT2D eigenvalue weighted by molar-refractivity contribution is 0.0929. The molecule has 4 heteroatoms. The third-order valence-electron chi connectivity index (χ3n) is 3.71. The molecule has 0 saturated heterocycles. The van der Waals surface area contributed by atoms with Crippen LogP contribution >= 0.6 is 11.6 Å². The Morgan fingerprint density at radius 1 is 1.50 bits per heavy atom. The Morgan fingerprint density at radius 3 is 2.94 bits per heavy atom. The standard InChI is InChI=1S/C14H19ClN2O/c1-9-5-6-10(7-12(9)15)14(18)17-13-4-2-3-11(13)8-16/h5-7,11,13H,2-4,8,16H2,1H3,(H,17,18). The molecular formula is C14H19ClN2O. The Balaban J connectivity index is 2.05. The van der Waals surface area contributed by atoms with Gasteiger partial charge >= 0.3 is 0 Å². The molecule has 1 fully saturated rings. The SMILES string of the molecule is Cc1ccc(C(=O)NC2CCCC2CN)cc1Cl. The van der Waals surface area contributed by atoms with Gasteiger partial charge in [0.2, 0.25) is 0 Å². The highest BCUT2D eigenvalue weighted by molar-refractivity contribution is 6.31. The number of halogens is 1. The van der Waals surface area contributed by atoms with Crippen LogP contribution in [0, 0.1) is 12.8 Å². The van der Waals surface area contributed by atoms with Gasteiger partial charge in [0.05, 0.1) is 0 Å². The van der Waals surface area contributed by atoms with Gasteiger partial charge in [-0.05, 0) is 49.9 Å². The molecule has 18 heavy (non-hydrogen) atoms. The molecule has 1 aliphatic rings. The van der Waals surface area contributed by atoms with E-state index in [4.69, 9.17) is 17.3 Å². The first-order valence-electron chi connectivity index (χ1n) is 6.39. The second kappa shape index (κ2) is 5.72. The molecule has 2 unspecified atom stereocenters. The fourth-order valence-electron chi connectivity index (χ4n) is 2.49. The lowest BCUT2D eigenvalue weighted by atomic mass is 10.0. The normalized spacial score (nSPS) is 23.1. The monoisotopic (exact) mass is 266 g/mol. The molecule has 2 rings (SSSR count). The smallest absolute Gasteiger partial charge is 0.251 e. The molecule has 1 amide bonds. The lowest BCUT2D eigenvalue weighted by Gasteiger charge is -2.19. The van der Waals surface area contributed by atoms with Crippen molar-refractivity contribution in [2.45, 2.75) is 32.2 Å². The van der Waals surface area contributed by atoms with Gasteiger partial charge in [0.15, 0.2) is 0 Å². The Bertz CT molecular complexity index is 447. The van der Waals surface area contributed by atoms with Crippen LogP contribution in [0.5, 0.6) is 0 Å². The van der Waals surface area contributed by atoms with Crippen molar-refractivity contribution < 1.29 is 4.79 Å². The van der Waals surface area contributed by atoms with E-state index in [1.54, 1.807) is 6.07 Å². The Morgan fingerprint density at radius 2 is 2.28 bits per heavy atom. The minimum atomic E-state index is -0.0535. The maximum absolute atomic E-state index is 12.1. The predicted octanol–water partition coefficient (Wildman–Crippen LogP) is 2.51. The highest BCUT2D eigenvalue weighted by Crippen LogP contribution is 2.25. The van der Waals surface area contributed by atoms with Crippen LogP contribution in [0.25, 0.3) is 0 Å². The van der Waals surface area contributed by atoms with Gasteiger partial charge in [0.1, 0.15) is 0 Å². The zero-order valence-electron chi connectivity index (χ0n) is 10.6. The summed E-state index contributed by atoms with van der Waals surface area (Å²) in [6.45, 7) is 2.56. The van der Waals surface area contributed by atoms with E-state index >= 15 is 0 Å². The number of rotatable bonds is 3. The average molecular weight is 267 g/mol. The molecular weight excluding hydrogens is 248 g/mol. The van der Waals surface area contributed by atoms with E-state index in [1.165, 1.54) is 0 Å². The summed E-state index contributed by atoms with van der Waals surface area (Å²) >= 11 is 6.03. The van der Waals surface area contributed by atoms with Gasteiger partial charge in [-0.15, -0.1) is 0 Å². The molecule has 0 bridgehead atoms. The Kier molecular flexibility index (Phi) is 4.25. The van der Waals surface area contributed by atoms with Crippen LogP contribution in [0.1, 0.15) is 35.2 Å². The summed E-state index contributed by atoms with van der Waals surface area (Å²) in [4.78, 5) is 12.1. The van der Waals surface area contributed by atoms with Crippen molar-refractivity contribution in [3.63, 3.8) is 0 Å². The van der Waals surface area contributed by atoms with Crippen LogP contribution < -0.4 is 11.1 Å². The minimum Gasteiger partial charge on any atom is -0.349 e. The van der Waals surface area contributed by atoms with Crippen LogP contribution in [0.15, 0.2) is 18.2 Å². The predicted molar refractivity (Wildman–Crippen MR) is 73.8 cm³/mol. The van der Waals surface area contributed by atoms with E-state index in [1.807, 2.05) is 19.1 Å². The fourth-order valence-corrected chi connectivity index (χ4v) is 2.68. The molecule has 98 valence electrons. The van der Waals surface area contributed by atoms with E-state index in [-0.39, 0.29) is 11.9 Å². The fraction of sp³-hybridized carbons (Fsp3) is 0.500. The van der Waals surface area contributed by atoms with Gasteiger partial charge in [-0.3, -0.25) is 4.79 Å². The summed E-state index contributed by atoms with van der Waals surface area (Å²) in [5.41, 5.74) is 7.31. The van der Waals surface area contributed by atoms with Gasteiger partial charge in [-0.1, -0.05) is 24.1 Å². The van der Waals surface area contributed by atoms with Crippen molar-refractivity contribution in [2.75, 3.05) is 6.54 Å². The van der Waals surface area contributed by atoms with Gasteiger partial charge < -0.3 is 11.1 Å². The number of aryl methyl sites for hydroxylation is 1. The molecule has 0 spiro atoms. The molecule has 0 aliphatic heterocycles. The summed E-state index contributed by atoms with van der Waals surface area (Å²) in [6.07, 6.45) is 3.27. The van der Waals surface area contributed by atoms with E-state index in [0.717, 1.165) is 24.8 Å². The zero-order valence-corrected chi connectivity index (χ0v) is 11.3. The third kappa shape index (κ3) is 2.85. The topological polar surface area (TPSA) is 55.1 Å². The van der Waals surface area contributed by atoms with Crippen molar-refractivity contribution in [3.8, 4) is 0 Å². The molecule has 1 aromatic carbocycles. The van der Waals surface area contributed by atoms with Crippen molar-refractivity contribution in [2.24, 2.45) is 11.7 Å². The van der Waals surface area contributed by atoms with Gasteiger partial charge in [-0.25, -0.2) is 0 Å². The second-order valence-corrected chi connectivity index (χ2v) is 5.38. The number of hydrogen-bond acceptors (Lipinski definition) is 2. The number of carbonyl (C=O) groups is 1. The first-order chi connectivity index (χ1) is 8.61. The van der Waals surface area contributed by atoms with E-state index in [9.17, 15) is 4.79 Å². The first kappa shape index (κ1) is 13.4. The number of benzene rings is 1. The molecule has 1 aliphatic carbocycles. The van der Waals surface area contributed by atoms with Crippen LogP contribution in [0.2, 0.25) is 5.02 Å². The summed E-state index contributed by atoms with van der Waals surface area (Å²) in [6, 6.07) is 5.61. The number of amides is 1. The van der Waals surface area contributed by atoms with Crippen molar-refractivity contribution in [1.29, 1.82) is 0 Å². The summed E-state index contributed by atoms with van der Waals surface area (Å²) in [5.74, 6) is 0.358.